The van der Waals surface area contributed by atoms with Gasteiger partial charge in [-0.25, -0.2) is 0 Å². The van der Waals surface area contributed by atoms with Crippen LogP contribution in [-0.2, 0) is 5.41 Å². The number of nitrogens with zero attached hydrogens (tertiary/aromatic N) is 5. The average molecular weight is 766 g/mol. The highest BCUT2D eigenvalue weighted by Gasteiger charge is 2.52. The molecule has 7 aromatic carbocycles. The van der Waals surface area contributed by atoms with E-state index < -0.39 is 5.41 Å². The summed E-state index contributed by atoms with van der Waals surface area (Å²) in [6.45, 7) is 0. The van der Waals surface area contributed by atoms with E-state index in [0.29, 0.717) is 5.56 Å². The van der Waals surface area contributed by atoms with Crippen molar-refractivity contribution in [1.29, 1.82) is 5.26 Å². The van der Waals surface area contributed by atoms with Gasteiger partial charge in [-0.15, -0.1) is 0 Å². The lowest BCUT2D eigenvalue weighted by molar-refractivity contribution is 0.436. The fraction of sp³-hybridized carbons (Fsp3) is 0.0185. The molecule has 278 valence electrons. The molecule has 0 fully saturated rings. The summed E-state index contributed by atoms with van der Waals surface area (Å²) in [7, 11) is 0. The van der Waals surface area contributed by atoms with Crippen LogP contribution in [0.15, 0.2) is 188 Å². The molecule has 0 atom stereocenters. The molecule has 5 heterocycles. The monoisotopic (exact) mass is 765 g/mol. The Kier molecular flexibility index (Phi) is 6.62. The molecule has 11 aromatic rings. The first kappa shape index (κ1) is 32.8. The van der Waals surface area contributed by atoms with Gasteiger partial charge < -0.3 is 13.9 Å². The molecule has 0 bridgehead atoms. The van der Waals surface area contributed by atoms with Crippen LogP contribution in [0.4, 0.5) is 0 Å². The molecule has 1 aliphatic heterocycles. The minimum absolute atomic E-state index is 0.635. The summed E-state index contributed by atoms with van der Waals surface area (Å²) in [4.78, 5) is 10.0. The summed E-state index contributed by atoms with van der Waals surface area (Å²) in [6.07, 6.45) is 3.72. The van der Waals surface area contributed by atoms with Gasteiger partial charge in [0.05, 0.1) is 50.5 Å². The fourth-order valence-corrected chi connectivity index (χ4v) is 10.2. The maximum Gasteiger partial charge on any atom is 0.132 e. The van der Waals surface area contributed by atoms with Crippen LogP contribution in [0.1, 0.15) is 27.8 Å². The van der Waals surface area contributed by atoms with Gasteiger partial charge in [0.1, 0.15) is 11.5 Å². The third kappa shape index (κ3) is 4.30. The van der Waals surface area contributed by atoms with Crippen LogP contribution in [0.2, 0.25) is 0 Å². The molecule has 0 amide bonds. The lowest BCUT2D eigenvalue weighted by atomic mass is 9.66. The van der Waals surface area contributed by atoms with Gasteiger partial charge in [-0.2, -0.15) is 5.26 Å². The lowest BCUT2D eigenvalue weighted by Crippen LogP contribution is -2.32. The van der Waals surface area contributed by atoms with Gasteiger partial charge in [-0.1, -0.05) is 78.9 Å². The van der Waals surface area contributed by atoms with Crippen LogP contribution < -0.4 is 4.74 Å². The molecular formula is C54H31N5O. The van der Waals surface area contributed by atoms with E-state index in [1.54, 1.807) is 0 Å². The molecular weight excluding hydrogens is 735 g/mol. The maximum absolute atomic E-state index is 9.83. The van der Waals surface area contributed by atoms with Crippen molar-refractivity contribution in [3.05, 3.63) is 216 Å². The molecule has 13 rings (SSSR count). The van der Waals surface area contributed by atoms with Crippen LogP contribution in [0.3, 0.4) is 0 Å². The van der Waals surface area contributed by atoms with E-state index in [1.165, 1.54) is 16.3 Å². The van der Waals surface area contributed by atoms with E-state index in [-0.39, 0.29) is 0 Å². The Bertz CT molecular complexity index is 3620. The number of rotatable bonds is 3. The second-order valence-corrected chi connectivity index (χ2v) is 15.7. The second kappa shape index (κ2) is 12.1. The van der Waals surface area contributed by atoms with Crippen molar-refractivity contribution in [2.24, 2.45) is 0 Å². The summed E-state index contributed by atoms with van der Waals surface area (Å²) >= 11 is 0. The first-order valence-electron chi connectivity index (χ1n) is 20.1. The lowest BCUT2D eigenvalue weighted by Gasteiger charge is -2.39. The molecule has 1 spiro atoms. The van der Waals surface area contributed by atoms with E-state index in [4.69, 9.17) is 14.7 Å². The molecule has 4 aromatic heterocycles. The molecule has 6 heteroatoms. The summed E-state index contributed by atoms with van der Waals surface area (Å²) < 4.78 is 11.6. The summed E-state index contributed by atoms with van der Waals surface area (Å²) in [5.41, 5.74) is 14.6. The zero-order valence-electron chi connectivity index (χ0n) is 32.0. The predicted octanol–water partition coefficient (Wildman–Crippen LogP) is 12.7. The van der Waals surface area contributed by atoms with Crippen molar-refractivity contribution in [3.63, 3.8) is 0 Å². The molecule has 0 radical (unpaired) electrons. The van der Waals surface area contributed by atoms with Crippen LogP contribution in [0, 0.1) is 11.3 Å². The summed E-state index contributed by atoms with van der Waals surface area (Å²) in [6, 6.07) is 64.4. The number of fused-ring (bicyclic) bond motifs is 15. The summed E-state index contributed by atoms with van der Waals surface area (Å²) in [5, 5.41) is 14.4. The van der Waals surface area contributed by atoms with E-state index in [0.717, 1.165) is 95.0 Å². The van der Waals surface area contributed by atoms with Gasteiger partial charge in [0, 0.05) is 56.4 Å². The number of aromatic nitrogens is 4. The third-order valence-electron chi connectivity index (χ3n) is 12.7. The smallest absolute Gasteiger partial charge is 0.132 e. The van der Waals surface area contributed by atoms with Gasteiger partial charge in [-0.05, 0) is 119 Å². The van der Waals surface area contributed by atoms with Gasteiger partial charge in [0.15, 0.2) is 0 Å². The highest BCUT2D eigenvalue weighted by atomic mass is 16.5. The number of ether oxygens (including phenoxy) is 1. The number of hydrogen-bond acceptors (Lipinski definition) is 4. The predicted molar refractivity (Wildman–Crippen MR) is 238 cm³/mol. The van der Waals surface area contributed by atoms with Crippen molar-refractivity contribution in [2.45, 2.75) is 5.41 Å². The van der Waals surface area contributed by atoms with Crippen LogP contribution in [0.5, 0.6) is 11.5 Å². The second-order valence-electron chi connectivity index (χ2n) is 15.7. The fourth-order valence-electron chi connectivity index (χ4n) is 10.2. The highest BCUT2D eigenvalue weighted by Crippen LogP contribution is 2.62. The molecule has 60 heavy (non-hydrogen) atoms. The first-order chi connectivity index (χ1) is 29.7. The van der Waals surface area contributed by atoms with Gasteiger partial charge in [-0.3, -0.25) is 9.97 Å². The SMILES string of the molecule is N#Cc1ccc2c(c1)c1ccccc1n2-c1ccc2c(c1)C1(c3cc(-c4ccc5c(c4)c4ccccc4n5-c4ccccc4)ccc3O2)c2cccnc2-c2ncccc21. The first-order valence-corrected chi connectivity index (χ1v) is 20.1. The van der Waals surface area contributed by atoms with E-state index in [9.17, 15) is 5.26 Å². The Morgan fingerprint density at radius 3 is 1.68 bits per heavy atom. The highest BCUT2D eigenvalue weighted by molar-refractivity contribution is 6.11. The Labute approximate surface area is 344 Å². The van der Waals surface area contributed by atoms with Crippen molar-refractivity contribution in [2.75, 3.05) is 0 Å². The van der Waals surface area contributed by atoms with Crippen LogP contribution in [-0.4, -0.2) is 19.1 Å². The Morgan fingerprint density at radius 2 is 0.983 bits per heavy atom. The number of hydrogen-bond donors (Lipinski definition) is 0. The molecule has 0 saturated carbocycles. The maximum atomic E-state index is 9.83. The minimum atomic E-state index is -0.789. The third-order valence-corrected chi connectivity index (χ3v) is 12.7. The Hall–Kier alpha value is -8.27. The zero-order chi connectivity index (χ0) is 39.5. The van der Waals surface area contributed by atoms with Crippen LogP contribution >= 0.6 is 0 Å². The number of pyridine rings is 2. The minimum Gasteiger partial charge on any atom is -0.457 e. The molecule has 0 unspecified atom stereocenters. The van der Waals surface area contributed by atoms with Gasteiger partial charge >= 0.3 is 0 Å². The number of benzene rings is 7. The van der Waals surface area contributed by atoms with Crippen molar-refractivity contribution < 1.29 is 4.74 Å². The molecule has 2 aliphatic rings. The molecule has 0 N–H and O–H groups in total. The Balaban J connectivity index is 1.07. The zero-order valence-corrected chi connectivity index (χ0v) is 32.0. The van der Waals surface area contributed by atoms with Crippen molar-refractivity contribution >= 4 is 43.6 Å². The average Bonchev–Trinajstić information content (AvgIpc) is 3.93. The molecule has 0 saturated heterocycles. The van der Waals surface area contributed by atoms with E-state index in [1.807, 2.05) is 36.7 Å². The van der Waals surface area contributed by atoms with Crippen molar-refractivity contribution in [1.82, 2.24) is 19.1 Å². The number of para-hydroxylation sites is 3. The topological polar surface area (TPSA) is 68.7 Å². The summed E-state index contributed by atoms with van der Waals surface area (Å²) in [5.74, 6) is 1.58. The van der Waals surface area contributed by atoms with Gasteiger partial charge in [0.2, 0.25) is 0 Å². The van der Waals surface area contributed by atoms with E-state index in [2.05, 4.69) is 167 Å². The van der Waals surface area contributed by atoms with Crippen LogP contribution in [0.25, 0.3) is 77.5 Å². The molecule has 1 aliphatic carbocycles. The quantitative estimate of drug-likeness (QED) is 0.180. The largest absolute Gasteiger partial charge is 0.457 e. The Morgan fingerprint density at radius 1 is 0.433 bits per heavy atom. The van der Waals surface area contributed by atoms with Crippen molar-refractivity contribution in [3.8, 4) is 51.5 Å². The standard InChI is InChI=1S/C54H31N5O/c55-32-33-18-22-48-40(28-33)38-12-4-7-17-47(38)59(48)37-21-25-51-45(31-37)54(42-14-8-26-56-52(42)53-43(54)15-9-27-57-53)44-30-35(20-24-50(44)60-51)34-19-23-49-41(29-34)39-13-5-6-16-46(39)58(49)36-10-2-1-3-11-36/h1-31H. The number of nitriles is 1. The molecule has 6 nitrogen and oxygen atoms in total. The van der Waals surface area contributed by atoms with Gasteiger partial charge in [0.25, 0.3) is 0 Å². The van der Waals surface area contributed by atoms with E-state index >= 15 is 0 Å². The normalized spacial score (nSPS) is 13.2.